The molecule has 1 aromatic rings. The van der Waals surface area contributed by atoms with Crippen LogP contribution in [-0.2, 0) is 4.79 Å². The van der Waals surface area contributed by atoms with Crippen LogP contribution >= 0.6 is 0 Å². The molecule has 0 radical (unpaired) electrons. The van der Waals surface area contributed by atoms with Crippen molar-refractivity contribution >= 4 is 11.6 Å². The number of likely N-dealkylation sites (N-methyl/N-ethyl adjacent to an activating group) is 1. The molecule has 1 rings (SSSR count). The van der Waals surface area contributed by atoms with Crippen LogP contribution in [0.3, 0.4) is 0 Å². The largest absolute Gasteiger partial charge is 0.497 e. The van der Waals surface area contributed by atoms with Crippen LogP contribution in [0.5, 0.6) is 5.75 Å². The molecule has 0 spiro atoms. The van der Waals surface area contributed by atoms with E-state index in [2.05, 4.69) is 10.6 Å². The molecular formula is C11H16N2O2. The van der Waals surface area contributed by atoms with Crippen molar-refractivity contribution in [3.63, 3.8) is 0 Å². The smallest absolute Gasteiger partial charge is 0.238 e. The van der Waals surface area contributed by atoms with Crippen LogP contribution in [0.1, 0.15) is 6.92 Å². The summed E-state index contributed by atoms with van der Waals surface area (Å²) in [6.07, 6.45) is 0. The average molecular weight is 208 g/mol. The van der Waals surface area contributed by atoms with E-state index in [1.165, 1.54) is 0 Å². The Morgan fingerprint density at radius 3 is 2.53 bits per heavy atom. The van der Waals surface area contributed by atoms with Crippen molar-refractivity contribution < 1.29 is 9.53 Å². The number of amides is 1. The molecular weight excluding hydrogens is 192 g/mol. The lowest BCUT2D eigenvalue weighted by atomic mass is 10.3. The third kappa shape index (κ3) is 3.99. The zero-order chi connectivity index (χ0) is 11.1. The Labute approximate surface area is 89.6 Å². The number of ether oxygens (including phenoxy) is 1. The van der Waals surface area contributed by atoms with Gasteiger partial charge < -0.3 is 15.4 Å². The summed E-state index contributed by atoms with van der Waals surface area (Å²) in [6, 6.07) is 7.23. The molecule has 0 bridgehead atoms. The minimum atomic E-state index is -0.0398. The maximum absolute atomic E-state index is 11.3. The van der Waals surface area contributed by atoms with Crippen LogP contribution in [-0.4, -0.2) is 26.1 Å². The molecule has 0 aliphatic carbocycles. The van der Waals surface area contributed by atoms with Crippen molar-refractivity contribution in [1.82, 2.24) is 5.32 Å². The van der Waals surface area contributed by atoms with Crippen molar-refractivity contribution in [2.24, 2.45) is 0 Å². The number of hydrogen-bond donors (Lipinski definition) is 2. The van der Waals surface area contributed by atoms with Gasteiger partial charge in [-0.15, -0.1) is 0 Å². The highest BCUT2D eigenvalue weighted by Crippen LogP contribution is 2.14. The molecule has 0 aliphatic heterocycles. The standard InChI is InChI=1S/C11H16N2O2/c1-3-12-8-11(14)13-9-4-6-10(15-2)7-5-9/h4-7,12H,3,8H2,1-2H3,(H,13,14). The number of hydrogen-bond acceptors (Lipinski definition) is 3. The van der Waals surface area contributed by atoms with Crippen LogP contribution in [0.2, 0.25) is 0 Å². The molecule has 15 heavy (non-hydrogen) atoms. The van der Waals surface area contributed by atoms with Gasteiger partial charge in [0.25, 0.3) is 0 Å². The second-order valence-electron chi connectivity index (χ2n) is 3.06. The molecule has 0 aromatic heterocycles. The third-order valence-corrected chi connectivity index (χ3v) is 1.91. The summed E-state index contributed by atoms with van der Waals surface area (Å²) in [7, 11) is 1.61. The number of anilines is 1. The van der Waals surface area contributed by atoms with Crippen molar-refractivity contribution in [2.45, 2.75) is 6.92 Å². The summed E-state index contributed by atoms with van der Waals surface area (Å²) < 4.78 is 5.01. The summed E-state index contributed by atoms with van der Waals surface area (Å²) >= 11 is 0. The molecule has 82 valence electrons. The molecule has 4 heteroatoms. The monoisotopic (exact) mass is 208 g/mol. The summed E-state index contributed by atoms with van der Waals surface area (Å²) in [5.74, 6) is 0.738. The molecule has 0 saturated carbocycles. The second kappa shape index (κ2) is 6.03. The molecule has 4 nitrogen and oxygen atoms in total. The molecule has 0 unspecified atom stereocenters. The predicted molar refractivity (Wildman–Crippen MR) is 60.2 cm³/mol. The topological polar surface area (TPSA) is 50.4 Å². The number of nitrogens with one attached hydrogen (secondary N) is 2. The highest BCUT2D eigenvalue weighted by atomic mass is 16.5. The van der Waals surface area contributed by atoms with E-state index in [1.807, 2.05) is 31.2 Å². The van der Waals surface area contributed by atoms with Gasteiger partial charge in [0.1, 0.15) is 5.75 Å². The SMILES string of the molecule is CCNCC(=O)Nc1ccc(OC)cc1. The van der Waals surface area contributed by atoms with Gasteiger partial charge in [0.2, 0.25) is 5.91 Å². The van der Waals surface area contributed by atoms with Crippen LogP contribution < -0.4 is 15.4 Å². The fraction of sp³-hybridized carbons (Fsp3) is 0.364. The lowest BCUT2D eigenvalue weighted by Gasteiger charge is -2.06. The Kier molecular flexibility index (Phi) is 4.63. The number of methoxy groups -OCH3 is 1. The highest BCUT2D eigenvalue weighted by molar-refractivity contribution is 5.92. The lowest BCUT2D eigenvalue weighted by molar-refractivity contribution is -0.115. The van der Waals surface area contributed by atoms with E-state index in [0.29, 0.717) is 6.54 Å². The zero-order valence-electron chi connectivity index (χ0n) is 9.04. The van der Waals surface area contributed by atoms with Crippen LogP contribution in [0.4, 0.5) is 5.69 Å². The van der Waals surface area contributed by atoms with E-state index in [4.69, 9.17) is 4.74 Å². The minimum Gasteiger partial charge on any atom is -0.497 e. The average Bonchev–Trinajstić information content (AvgIpc) is 2.27. The van der Waals surface area contributed by atoms with Crippen LogP contribution in [0, 0.1) is 0 Å². The molecule has 2 N–H and O–H groups in total. The summed E-state index contributed by atoms with van der Waals surface area (Å²) in [5.41, 5.74) is 0.777. The molecule has 0 heterocycles. The second-order valence-corrected chi connectivity index (χ2v) is 3.06. The lowest BCUT2D eigenvalue weighted by Crippen LogP contribution is -2.27. The summed E-state index contributed by atoms with van der Waals surface area (Å²) in [5, 5.41) is 5.73. The first kappa shape index (κ1) is 11.5. The predicted octanol–water partition coefficient (Wildman–Crippen LogP) is 1.24. The van der Waals surface area contributed by atoms with E-state index in [0.717, 1.165) is 18.0 Å². The number of benzene rings is 1. The van der Waals surface area contributed by atoms with E-state index >= 15 is 0 Å². The Morgan fingerprint density at radius 1 is 1.33 bits per heavy atom. The first-order chi connectivity index (χ1) is 7.26. The van der Waals surface area contributed by atoms with Gasteiger partial charge in [-0.25, -0.2) is 0 Å². The van der Waals surface area contributed by atoms with E-state index < -0.39 is 0 Å². The Hall–Kier alpha value is -1.55. The van der Waals surface area contributed by atoms with Crippen molar-refractivity contribution in [3.05, 3.63) is 24.3 Å². The molecule has 1 aromatic carbocycles. The van der Waals surface area contributed by atoms with Gasteiger partial charge in [-0.05, 0) is 30.8 Å². The first-order valence-corrected chi connectivity index (χ1v) is 4.91. The fourth-order valence-electron chi connectivity index (χ4n) is 1.12. The maximum Gasteiger partial charge on any atom is 0.238 e. The van der Waals surface area contributed by atoms with Crippen LogP contribution in [0.15, 0.2) is 24.3 Å². The highest BCUT2D eigenvalue weighted by Gasteiger charge is 2.00. The van der Waals surface area contributed by atoms with Crippen molar-refractivity contribution in [3.8, 4) is 5.75 Å². The van der Waals surface area contributed by atoms with Crippen LogP contribution in [0.25, 0.3) is 0 Å². The van der Waals surface area contributed by atoms with Gasteiger partial charge in [-0.2, -0.15) is 0 Å². The van der Waals surface area contributed by atoms with Gasteiger partial charge in [-0.3, -0.25) is 4.79 Å². The quantitative estimate of drug-likeness (QED) is 0.765. The summed E-state index contributed by atoms with van der Waals surface area (Å²) in [4.78, 5) is 11.3. The van der Waals surface area contributed by atoms with E-state index in [1.54, 1.807) is 7.11 Å². The van der Waals surface area contributed by atoms with E-state index in [9.17, 15) is 4.79 Å². The zero-order valence-corrected chi connectivity index (χ0v) is 9.04. The van der Waals surface area contributed by atoms with Crippen molar-refractivity contribution in [1.29, 1.82) is 0 Å². The van der Waals surface area contributed by atoms with Gasteiger partial charge in [-0.1, -0.05) is 6.92 Å². The molecule has 0 fully saturated rings. The summed E-state index contributed by atoms with van der Waals surface area (Å²) in [6.45, 7) is 3.08. The third-order valence-electron chi connectivity index (χ3n) is 1.91. The fourth-order valence-corrected chi connectivity index (χ4v) is 1.12. The molecule has 0 saturated heterocycles. The Bertz CT molecular complexity index is 309. The van der Waals surface area contributed by atoms with E-state index in [-0.39, 0.29) is 5.91 Å². The Balaban J connectivity index is 2.46. The Morgan fingerprint density at radius 2 is 2.00 bits per heavy atom. The van der Waals surface area contributed by atoms with Gasteiger partial charge in [0.15, 0.2) is 0 Å². The first-order valence-electron chi connectivity index (χ1n) is 4.91. The number of rotatable bonds is 5. The van der Waals surface area contributed by atoms with Gasteiger partial charge >= 0.3 is 0 Å². The van der Waals surface area contributed by atoms with Crippen molar-refractivity contribution in [2.75, 3.05) is 25.5 Å². The minimum absolute atomic E-state index is 0.0398. The maximum atomic E-state index is 11.3. The molecule has 1 amide bonds. The number of carbonyl (C=O) groups excluding carboxylic acids is 1. The van der Waals surface area contributed by atoms with Gasteiger partial charge in [0.05, 0.1) is 13.7 Å². The molecule has 0 aliphatic rings. The number of carbonyl (C=O) groups is 1. The molecule has 0 atom stereocenters. The van der Waals surface area contributed by atoms with Gasteiger partial charge in [0, 0.05) is 5.69 Å². The normalized spacial score (nSPS) is 9.73.